The smallest absolute Gasteiger partial charge is 0.171 e. The third kappa shape index (κ3) is 4.89. The molecule has 0 heterocycles. The molecule has 0 saturated carbocycles. The third-order valence-corrected chi connectivity index (χ3v) is 2.89. The summed E-state index contributed by atoms with van der Waals surface area (Å²) in [7, 11) is 0. The van der Waals surface area contributed by atoms with E-state index >= 15 is 0 Å². The summed E-state index contributed by atoms with van der Waals surface area (Å²) in [5.41, 5.74) is -1.81. The monoisotopic (exact) mass is 224 g/mol. The summed E-state index contributed by atoms with van der Waals surface area (Å²) in [6.45, 7) is 8.50. The van der Waals surface area contributed by atoms with Gasteiger partial charge in [-0.25, -0.2) is 0 Å². The van der Waals surface area contributed by atoms with E-state index in [9.17, 15) is 13.2 Å². The highest BCUT2D eigenvalue weighted by Crippen LogP contribution is 2.46. The van der Waals surface area contributed by atoms with E-state index in [-0.39, 0.29) is 11.8 Å². The highest BCUT2D eigenvalue weighted by Gasteiger charge is 2.49. The second-order valence-corrected chi connectivity index (χ2v) is 5.83. The summed E-state index contributed by atoms with van der Waals surface area (Å²) in [6, 6.07) is 0. The molecule has 0 bridgehead atoms. The predicted molar refractivity (Wildman–Crippen MR) is 57.8 cm³/mol. The first kappa shape index (κ1) is 14.8. The molecular weight excluding hydrogens is 201 g/mol. The highest BCUT2D eigenvalue weighted by atomic mass is 19.4. The molecule has 0 N–H and O–H groups in total. The average Bonchev–Trinajstić information content (AvgIpc) is 1.96. The molecule has 0 aromatic carbocycles. The quantitative estimate of drug-likeness (QED) is 0.603. The van der Waals surface area contributed by atoms with Gasteiger partial charge < -0.3 is 0 Å². The van der Waals surface area contributed by atoms with Crippen LogP contribution in [0.4, 0.5) is 13.2 Å². The lowest BCUT2D eigenvalue weighted by molar-refractivity contribution is -0.221. The van der Waals surface area contributed by atoms with E-state index in [0.717, 1.165) is 19.3 Å². The number of alkyl halides is 3. The third-order valence-electron chi connectivity index (χ3n) is 2.89. The Labute approximate surface area is 91.3 Å². The van der Waals surface area contributed by atoms with Crippen LogP contribution in [0.1, 0.15) is 60.3 Å². The maximum absolute atomic E-state index is 12.7. The maximum atomic E-state index is 12.7. The van der Waals surface area contributed by atoms with Gasteiger partial charge in [-0.1, -0.05) is 47.5 Å². The molecule has 15 heavy (non-hydrogen) atoms. The number of unbranched alkanes of at least 4 members (excludes halogenated alkanes) is 1. The number of hydrogen-bond donors (Lipinski definition) is 0. The Bertz CT molecular complexity index is 190. The van der Waals surface area contributed by atoms with E-state index < -0.39 is 11.6 Å². The van der Waals surface area contributed by atoms with Gasteiger partial charge in [0.15, 0.2) is 0 Å². The topological polar surface area (TPSA) is 0 Å². The van der Waals surface area contributed by atoms with Crippen LogP contribution in [0, 0.1) is 10.8 Å². The van der Waals surface area contributed by atoms with Crippen LogP contribution in [0.3, 0.4) is 0 Å². The van der Waals surface area contributed by atoms with Crippen molar-refractivity contribution in [3.63, 3.8) is 0 Å². The summed E-state index contributed by atoms with van der Waals surface area (Å²) in [5.74, 6) is 0. The lowest BCUT2D eigenvalue weighted by atomic mass is 9.72. The first-order valence-electron chi connectivity index (χ1n) is 5.58. The van der Waals surface area contributed by atoms with Gasteiger partial charge in [0.25, 0.3) is 0 Å². The molecule has 0 rings (SSSR count). The van der Waals surface area contributed by atoms with Gasteiger partial charge in [0, 0.05) is 0 Å². The second-order valence-electron chi connectivity index (χ2n) is 5.83. The van der Waals surface area contributed by atoms with Crippen LogP contribution in [-0.2, 0) is 0 Å². The standard InChI is InChI=1S/C12H23F3/c1-6-7-8-10(2,3)9-11(4,5)12(13,14)15/h6-9H2,1-5H3. The van der Waals surface area contributed by atoms with Crippen molar-refractivity contribution in [3.05, 3.63) is 0 Å². The molecule has 0 unspecified atom stereocenters. The van der Waals surface area contributed by atoms with Crippen LogP contribution in [0.5, 0.6) is 0 Å². The molecule has 0 saturated heterocycles. The Hall–Kier alpha value is -0.210. The Morgan fingerprint density at radius 3 is 1.73 bits per heavy atom. The number of rotatable bonds is 5. The fourth-order valence-corrected chi connectivity index (χ4v) is 2.04. The molecule has 0 aliphatic carbocycles. The Morgan fingerprint density at radius 2 is 1.40 bits per heavy atom. The molecule has 3 heteroatoms. The van der Waals surface area contributed by atoms with Gasteiger partial charge >= 0.3 is 6.18 Å². The minimum Gasteiger partial charge on any atom is -0.171 e. The zero-order chi connectivity index (χ0) is 12.3. The zero-order valence-electron chi connectivity index (χ0n) is 10.5. The van der Waals surface area contributed by atoms with Crippen LogP contribution < -0.4 is 0 Å². The lowest BCUT2D eigenvalue weighted by Crippen LogP contribution is -2.36. The molecule has 0 aromatic rings. The van der Waals surface area contributed by atoms with Gasteiger partial charge in [-0.05, 0) is 18.3 Å². The van der Waals surface area contributed by atoms with Crippen molar-refractivity contribution in [1.29, 1.82) is 0 Å². The normalized spacial score (nSPS) is 14.4. The molecule has 0 aliphatic rings. The molecule has 92 valence electrons. The van der Waals surface area contributed by atoms with Crippen molar-refractivity contribution >= 4 is 0 Å². The van der Waals surface area contributed by atoms with Crippen molar-refractivity contribution in [2.45, 2.75) is 66.5 Å². The minimum absolute atomic E-state index is 0.198. The summed E-state index contributed by atoms with van der Waals surface area (Å²) < 4.78 is 38.1. The second kappa shape index (κ2) is 4.75. The van der Waals surface area contributed by atoms with Gasteiger partial charge in [0.2, 0.25) is 0 Å². The summed E-state index contributed by atoms with van der Waals surface area (Å²) in [5, 5.41) is 0. The highest BCUT2D eigenvalue weighted by molar-refractivity contribution is 4.84. The van der Waals surface area contributed by atoms with Gasteiger partial charge in [-0.2, -0.15) is 13.2 Å². The summed E-state index contributed by atoms with van der Waals surface area (Å²) in [6.07, 6.45) is -1.00. The van der Waals surface area contributed by atoms with E-state index in [4.69, 9.17) is 0 Å². The molecule has 0 fully saturated rings. The van der Waals surface area contributed by atoms with Crippen molar-refractivity contribution < 1.29 is 13.2 Å². The SMILES string of the molecule is CCCCC(C)(C)CC(C)(C)C(F)(F)F. The lowest BCUT2D eigenvalue weighted by Gasteiger charge is -2.36. The fraction of sp³-hybridized carbons (Fsp3) is 1.00. The first-order valence-corrected chi connectivity index (χ1v) is 5.58. The Balaban J connectivity index is 4.43. The maximum Gasteiger partial charge on any atom is 0.393 e. The summed E-state index contributed by atoms with van der Waals surface area (Å²) in [4.78, 5) is 0. The van der Waals surface area contributed by atoms with E-state index in [1.807, 2.05) is 13.8 Å². The van der Waals surface area contributed by atoms with Crippen molar-refractivity contribution in [2.75, 3.05) is 0 Å². The van der Waals surface area contributed by atoms with Crippen molar-refractivity contribution in [1.82, 2.24) is 0 Å². The van der Waals surface area contributed by atoms with E-state index in [0.29, 0.717) is 0 Å². The number of hydrogen-bond acceptors (Lipinski definition) is 0. The van der Waals surface area contributed by atoms with Crippen LogP contribution in [0.2, 0.25) is 0 Å². The van der Waals surface area contributed by atoms with Crippen LogP contribution in [-0.4, -0.2) is 6.18 Å². The molecular formula is C12H23F3. The van der Waals surface area contributed by atoms with E-state index in [1.165, 1.54) is 13.8 Å². The van der Waals surface area contributed by atoms with Crippen LogP contribution in [0.15, 0.2) is 0 Å². The molecule has 0 atom stereocenters. The molecule has 0 amide bonds. The summed E-state index contributed by atoms with van der Waals surface area (Å²) >= 11 is 0. The zero-order valence-corrected chi connectivity index (χ0v) is 10.5. The van der Waals surface area contributed by atoms with Crippen molar-refractivity contribution in [2.24, 2.45) is 10.8 Å². The molecule has 0 nitrogen and oxygen atoms in total. The van der Waals surface area contributed by atoms with Gasteiger partial charge in [0.1, 0.15) is 0 Å². The first-order chi connectivity index (χ1) is 6.52. The average molecular weight is 224 g/mol. The largest absolute Gasteiger partial charge is 0.393 e. The van der Waals surface area contributed by atoms with E-state index in [2.05, 4.69) is 6.92 Å². The van der Waals surface area contributed by atoms with Crippen LogP contribution >= 0.6 is 0 Å². The van der Waals surface area contributed by atoms with Gasteiger partial charge in [0.05, 0.1) is 5.41 Å². The molecule has 0 spiro atoms. The van der Waals surface area contributed by atoms with Gasteiger partial charge in [-0.3, -0.25) is 0 Å². The van der Waals surface area contributed by atoms with E-state index in [1.54, 1.807) is 0 Å². The molecule has 0 aliphatic heterocycles. The Morgan fingerprint density at radius 1 is 0.933 bits per heavy atom. The molecule has 0 aromatic heterocycles. The Kier molecular flexibility index (Phi) is 4.68. The van der Waals surface area contributed by atoms with Gasteiger partial charge in [-0.15, -0.1) is 0 Å². The molecule has 0 radical (unpaired) electrons. The number of halogens is 3. The van der Waals surface area contributed by atoms with Crippen LogP contribution in [0.25, 0.3) is 0 Å². The van der Waals surface area contributed by atoms with Crippen molar-refractivity contribution in [3.8, 4) is 0 Å². The predicted octanol–water partition coefficient (Wildman–Crippen LogP) is 5.18. The minimum atomic E-state index is -4.10. The fourth-order valence-electron chi connectivity index (χ4n) is 2.04.